The number of halogens is 2. The molecule has 1 atom stereocenters. The van der Waals surface area contributed by atoms with Crippen molar-refractivity contribution in [1.29, 1.82) is 0 Å². The third-order valence-electron chi connectivity index (χ3n) is 5.13. The number of guanidine groups is 1. The molecule has 9 heteroatoms. The van der Waals surface area contributed by atoms with E-state index in [-0.39, 0.29) is 24.0 Å². The van der Waals surface area contributed by atoms with Crippen LogP contribution in [0.1, 0.15) is 12.1 Å². The van der Waals surface area contributed by atoms with Crippen molar-refractivity contribution >= 4 is 47.2 Å². The van der Waals surface area contributed by atoms with E-state index >= 15 is 0 Å². The van der Waals surface area contributed by atoms with Gasteiger partial charge >= 0.3 is 0 Å². The quantitative estimate of drug-likeness (QED) is 0.394. The number of fused-ring (bicyclic) bond motifs is 1. The van der Waals surface area contributed by atoms with Gasteiger partial charge in [-0.1, -0.05) is 11.6 Å². The fourth-order valence-corrected chi connectivity index (χ4v) is 3.95. The van der Waals surface area contributed by atoms with Crippen LogP contribution in [-0.4, -0.2) is 77.6 Å². The molecular formula is C18H26ClIN6O. The number of likely N-dealkylation sites (tertiary alicyclic amines) is 1. The molecular weight excluding hydrogens is 479 g/mol. The first-order valence-corrected chi connectivity index (χ1v) is 9.51. The topological polar surface area (TPSA) is 57.4 Å². The van der Waals surface area contributed by atoms with Crippen molar-refractivity contribution in [2.24, 2.45) is 4.99 Å². The zero-order valence-electron chi connectivity index (χ0n) is 15.5. The molecule has 7 nitrogen and oxygen atoms in total. The first kappa shape index (κ1) is 20.6. The summed E-state index contributed by atoms with van der Waals surface area (Å²) in [5.41, 5.74) is 1.87. The third-order valence-corrected chi connectivity index (χ3v) is 5.35. The summed E-state index contributed by atoms with van der Waals surface area (Å²) >= 11 is 6.04. The molecule has 27 heavy (non-hydrogen) atoms. The highest BCUT2D eigenvalue weighted by atomic mass is 127. The highest BCUT2D eigenvalue weighted by Crippen LogP contribution is 2.17. The molecule has 148 valence electrons. The third kappa shape index (κ3) is 4.85. The van der Waals surface area contributed by atoms with Crippen LogP contribution in [0, 0.1) is 0 Å². The van der Waals surface area contributed by atoms with Crippen molar-refractivity contribution in [3.63, 3.8) is 0 Å². The monoisotopic (exact) mass is 504 g/mol. The second kappa shape index (κ2) is 9.40. The summed E-state index contributed by atoms with van der Waals surface area (Å²) in [4.78, 5) is 14.0. The van der Waals surface area contributed by atoms with Gasteiger partial charge in [-0.25, -0.2) is 4.98 Å². The van der Waals surface area contributed by atoms with Crippen LogP contribution in [-0.2, 0) is 11.3 Å². The Morgan fingerprint density at radius 3 is 2.89 bits per heavy atom. The highest BCUT2D eigenvalue weighted by molar-refractivity contribution is 14.0. The van der Waals surface area contributed by atoms with E-state index in [2.05, 4.69) is 25.1 Å². The lowest BCUT2D eigenvalue weighted by Crippen LogP contribution is -2.46. The van der Waals surface area contributed by atoms with Gasteiger partial charge in [-0.15, -0.1) is 24.0 Å². The minimum Gasteiger partial charge on any atom is -0.379 e. The predicted molar refractivity (Wildman–Crippen MR) is 118 cm³/mol. The van der Waals surface area contributed by atoms with Gasteiger partial charge in [0, 0.05) is 51.7 Å². The van der Waals surface area contributed by atoms with Crippen LogP contribution in [0.25, 0.3) is 5.65 Å². The molecule has 4 rings (SSSR count). The average Bonchev–Trinajstić information content (AvgIpc) is 3.30. The van der Waals surface area contributed by atoms with Crippen molar-refractivity contribution in [2.75, 3.05) is 46.4 Å². The Morgan fingerprint density at radius 2 is 2.11 bits per heavy atom. The lowest BCUT2D eigenvalue weighted by Gasteiger charge is -2.32. The maximum atomic E-state index is 6.04. The van der Waals surface area contributed by atoms with E-state index < -0.39 is 0 Å². The summed E-state index contributed by atoms with van der Waals surface area (Å²) in [6, 6.07) is 4.37. The number of imidazole rings is 1. The van der Waals surface area contributed by atoms with E-state index in [0.717, 1.165) is 56.7 Å². The number of nitrogens with zero attached hydrogens (tertiary/aromatic N) is 5. The van der Waals surface area contributed by atoms with E-state index in [1.54, 1.807) is 0 Å². The number of ether oxygens (including phenoxy) is 1. The molecule has 0 saturated carbocycles. The van der Waals surface area contributed by atoms with Crippen molar-refractivity contribution in [3.8, 4) is 0 Å². The molecule has 1 unspecified atom stereocenters. The maximum Gasteiger partial charge on any atom is 0.194 e. The molecule has 0 spiro atoms. The van der Waals surface area contributed by atoms with E-state index in [1.165, 1.54) is 6.42 Å². The Morgan fingerprint density at radius 1 is 1.30 bits per heavy atom. The Balaban J connectivity index is 0.00000210. The lowest BCUT2D eigenvalue weighted by molar-refractivity contribution is 0.0195. The van der Waals surface area contributed by atoms with Crippen molar-refractivity contribution in [3.05, 3.63) is 35.2 Å². The molecule has 2 aliphatic rings. The number of aliphatic imine (C=N–C) groups is 1. The first-order chi connectivity index (χ1) is 12.7. The number of hydrogen-bond donors (Lipinski definition) is 1. The zero-order valence-corrected chi connectivity index (χ0v) is 18.6. The Labute approximate surface area is 181 Å². The van der Waals surface area contributed by atoms with Crippen LogP contribution in [0.4, 0.5) is 0 Å². The molecule has 2 saturated heterocycles. The Bertz CT molecular complexity index is 791. The summed E-state index contributed by atoms with van der Waals surface area (Å²) < 4.78 is 7.42. The molecule has 2 fully saturated rings. The van der Waals surface area contributed by atoms with E-state index in [1.807, 2.05) is 36.0 Å². The lowest BCUT2D eigenvalue weighted by atomic mass is 10.2. The minimum absolute atomic E-state index is 0. The zero-order chi connectivity index (χ0) is 17.9. The number of aromatic nitrogens is 2. The summed E-state index contributed by atoms with van der Waals surface area (Å²) in [7, 11) is 1.84. The van der Waals surface area contributed by atoms with Gasteiger partial charge in [0.15, 0.2) is 5.96 Å². The van der Waals surface area contributed by atoms with Gasteiger partial charge in [0.25, 0.3) is 0 Å². The Kier molecular flexibility index (Phi) is 7.18. The van der Waals surface area contributed by atoms with Crippen LogP contribution >= 0.6 is 35.6 Å². The molecule has 1 N–H and O–H groups in total. The summed E-state index contributed by atoms with van der Waals surface area (Å²) in [5, 5.41) is 4.16. The molecule has 0 bridgehead atoms. The van der Waals surface area contributed by atoms with Gasteiger partial charge in [-0.3, -0.25) is 9.89 Å². The number of nitrogens with one attached hydrogen (secondary N) is 1. The molecule has 0 amide bonds. The van der Waals surface area contributed by atoms with Crippen molar-refractivity contribution in [1.82, 2.24) is 24.5 Å². The van der Waals surface area contributed by atoms with Gasteiger partial charge in [-0.05, 0) is 18.6 Å². The molecule has 2 aromatic rings. The number of morpholine rings is 1. The van der Waals surface area contributed by atoms with E-state index in [4.69, 9.17) is 16.3 Å². The van der Waals surface area contributed by atoms with Crippen LogP contribution in [0.5, 0.6) is 0 Å². The van der Waals surface area contributed by atoms with Crippen molar-refractivity contribution in [2.45, 2.75) is 19.0 Å². The smallest absolute Gasteiger partial charge is 0.194 e. The first-order valence-electron chi connectivity index (χ1n) is 9.13. The molecule has 0 aliphatic carbocycles. The number of hydrogen-bond acceptors (Lipinski definition) is 4. The Hall–Kier alpha value is -1.10. The fourth-order valence-electron chi connectivity index (χ4n) is 3.78. The average molecular weight is 505 g/mol. The van der Waals surface area contributed by atoms with Gasteiger partial charge in [0.2, 0.25) is 0 Å². The SMILES string of the molecule is CN=C(NCc1cn2cc(Cl)ccc2n1)N1CCC(N2CCOCC2)C1.I. The van der Waals surface area contributed by atoms with Crippen LogP contribution < -0.4 is 5.32 Å². The highest BCUT2D eigenvalue weighted by Gasteiger charge is 2.30. The van der Waals surface area contributed by atoms with Gasteiger partial charge in [-0.2, -0.15) is 0 Å². The molecule has 0 aromatic carbocycles. The van der Waals surface area contributed by atoms with E-state index in [9.17, 15) is 0 Å². The van der Waals surface area contributed by atoms with Crippen LogP contribution in [0.2, 0.25) is 5.02 Å². The molecule has 0 radical (unpaired) electrons. The van der Waals surface area contributed by atoms with E-state index in [0.29, 0.717) is 17.6 Å². The molecule has 4 heterocycles. The minimum atomic E-state index is 0. The maximum absolute atomic E-state index is 6.04. The molecule has 2 aliphatic heterocycles. The standard InChI is InChI=1S/C18H25ClN6O.HI/c1-20-18(24-5-4-16(13-24)23-6-8-26-9-7-23)21-10-15-12-25-11-14(19)2-3-17(25)22-15;/h2-3,11-12,16H,4-10,13H2,1H3,(H,20,21);1H. The van der Waals surface area contributed by atoms with Crippen LogP contribution in [0.3, 0.4) is 0 Å². The van der Waals surface area contributed by atoms with Crippen LogP contribution in [0.15, 0.2) is 29.5 Å². The second-order valence-corrected chi connectivity index (χ2v) is 7.22. The fraction of sp³-hybridized carbons (Fsp3) is 0.556. The largest absolute Gasteiger partial charge is 0.379 e. The summed E-state index contributed by atoms with van der Waals surface area (Å²) in [6.45, 7) is 6.46. The van der Waals surface area contributed by atoms with Gasteiger partial charge in [0.05, 0.1) is 30.5 Å². The second-order valence-electron chi connectivity index (χ2n) is 6.78. The summed E-state index contributed by atoms with van der Waals surface area (Å²) in [5.74, 6) is 0.941. The molecule has 2 aromatic heterocycles. The van der Waals surface area contributed by atoms with Crippen molar-refractivity contribution < 1.29 is 4.74 Å². The van der Waals surface area contributed by atoms with Gasteiger partial charge < -0.3 is 19.4 Å². The summed E-state index contributed by atoms with van der Waals surface area (Å²) in [6.07, 6.45) is 5.05. The normalized spacial score (nSPS) is 21.5. The number of pyridine rings is 1. The van der Waals surface area contributed by atoms with Gasteiger partial charge in [0.1, 0.15) is 5.65 Å². The predicted octanol–water partition coefficient (Wildman–Crippen LogP) is 2.09. The number of rotatable bonds is 3.